The van der Waals surface area contributed by atoms with Crippen molar-refractivity contribution in [2.75, 3.05) is 26.7 Å². The second-order valence-corrected chi connectivity index (χ2v) is 5.55. The van der Waals surface area contributed by atoms with Gasteiger partial charge in [-0.15, -0.1) is 0 Å². The average molecular weight is 266 g/mol. The van der Waals surface area contributed by atoms with Crippen molar-refractivity contribution >= 4 is 0 Å². The third kappa shape index (κ3) is 4.18. The van der Waals surface area contributed by atoms with E-state index < -0.39 is 0 Å². The van der Waals surface area contributed by atoms with Crippen LogP contribution in [0.15, 0.2) is 18.2 Å². The van der Waals surface area contributed by atoms with E-state index in [-0.39, 0.29) is 11.4 Å². The number of hydrogen-bond donors (Lipinski definition) is 1. The van der Waals surface area contributed by atoms with Crippen molar-refractivity contribution < 1.29 is 9.13 Å². The first-order chi connectivity index (χ1) is 9.02. The predicted octanol–water partition coefficient (Wildman–Crippen LogP) is 2.19. The van der Waals surface area contributed by atoms with Gasteiger partial charge in [-0.1, -0.05) is 6.07 Å². The smallest absolute Gasteiger partial charge is 0.165 e. The lowest BCUT2D eigenvalue weighted by Gasteiger charge is -2.20. The molecule has 3 nitrogen and oxygen atoms in total. The predicted molar refractivity (Wildman–Crippen MR) is 74.9 cm³/mol. The Morgan fingerprint density at radius 2 is 2.16 bits per heavy atom. The Hall–Kier alpha value is -1.13. The van der Waals surface area contributed by atoms with Crippen LogP contribution in [0.25, 0.3) is 0 Å². The molecule has 1 aliphatic rings. The van der Waals surface area contributed by atoms with Gasteiger partial charge in [-0.3, -0.25) is 0 Å². The summed E-state index contributed by atoms with van der Waals surface area (Å²) in [6.07, 6.45) is 3.07. The summed E-state index contributed by atoms with van der Waals surface area (Å²) in [5, 5.41) is 0. The molecule has 19 heavy (non-hydrogen) atoms. The lowest BCUT2D eigenvalue weighted by molar-refractivity contribution is 0.305. The summed E-state index contributed by atoms with van der Waals surface area (Å²) in [5.41, 5.74) is 7.11. The molecule has 1 saturated carbocycles. The maximum absolute atomic E-state index is 13.7. The Kier molecular flexibility index (Phi) is 4.42. The minimum absolute atomic E-state index is 0.0405. The van der Waals surface area contributed by atoms with Crippen LogP contribution in [-0.4, -0.2) is 37.2 Å². The minimum atomic E-state index is -0.278. The molecule has 0 aliphatic heterocycles. The Morgan fingerprint density at radius 1 is 1.42 bits per heavy atom. The van der Waals surface area contributed by atoms with Crippen molar-refractivity contribution in [3.8, 4) is 5.75 Å². The lowest BCUT2D eigenvalue weighted by Crippen LogP contribution is -2.38. The van der Waals surface area contributed by atoms with Gasteiger partial charge in [-0.2, -0.15) is 0 Å². The third-order valence-corrected chi connectivity index (χ3v) is 3.56. The first-order valence-corrected chi connectivity index (χ1v) is 6.91. The summed E-state index contributed by atoms with van der Waals surface area (Å²) in [6.45, 7) is 4.15. The molecule has 0 heterocycles. The van der Waals surface area contributed by atoms with Crippen LogP contribution >= 0.6 is 0 Å². The summed E-state index contributed by atoms with van der Waals surface area (Å²) >= 11 is 0. The van der Waals surface area contributed by atoms with Gasteiger partial charge in [0.2, 0.25) is 0 Å². The van der Waals surface area contributed by atoms with Gasteiger partial charge in [-0.25, -0.2) is 4.39 Å². The number of nitrogens with zero attached hydrogens (tertiary/aromatic N) is 1. The van der Waals surface area contributed by atoms with Crippen LogP contribution < -0.4 is 10.5 Å². The standard InChI is InChI=1S/C15H23FN2O/c1-3-19-14-5-4-12(10-13(14)16)6-9-18(2)11-15(17)7-8-15/h4-5,10H,3,6-9,11,17H2,1-2H3. The highest BCUT2D eigenvalue weighted by atomic mass is 19.1. The monoisotopic (exact) mass is 266 g/mol. The fraction of sp³-hybridized carbons (Fsp3) is 0.600. The van der Waals surface area contributed by atoms with Gasteiger partial charge in [0, 0.05) is 18.6 Å². The minimum Gasteiger partial charge on any atom is -0.491 e. The van der Waals surface area contributed by atoms with Crippen LogP contribution in [0.4, 0.5) is 4.39 Å². The van der Waals surface area contributed by atoms with E-state index >= 15 is 0 Å². The summed E-state index contributed by atoms with van der Waals surface area (Å²) < 4.78 is 18.9. The topological polar surface area (TPSA) is 38.5 Å². The number of halogens is 1. The maximum Gasteiger partial charge on any atom is 0.165 e. The molecular formula is C15H23FN2O. The summed E-state index contributed by atoms with van der Waals surface area (Å²) in [7, 11) is 2.07. The summed E-state index contributed by atoms with van der Waals surface area (Å²) in [6, 6.07) is 5.20. The molecule has 4 heteroatoms. The largest absolute Gasteiger partial charge is 0.491 e. The van der Waals surface area contributed by atoms with Crippen LogP contribution in [0.2, 0.25) is 0 Å². The molecule has 1 aliphatic carbocycles. The van der Waals surface area contributed by atoms with Crippen LogP contribution in [0.1, 0.15) is 25.3 Å². The van der Waals surface area contributed by atoms with Crippen LogP contribution in [0, 0.1) is 5.82 Å². The zero-order chi connectivity index (χ0) is 13.9. The van der Waals surface area contributed by atoms with Gasteiger partial charge >= 0.3 is 0 Å². The zero-order valence-corrected chi connectivity index (χ0v) is 11.8. The van der Waals surface area contributed by atoms with Gasteiger partial charge in [-0.05, 0) is 50.9 Å². The average Bonchev–Trinajstić information content (AvgIpc) is 3.07. The third-order valence-electron chi connectivity index (χ3n) is 3.56. The van der Waals surface area contributed by atoms with Crippen molar-refractivity contribution in [3.63, 3.8) is 0 Å². The molecule has 1 aromatic carbocycles. The molecule has 0 spiro atoms. The van der Waals surface area contributed by atoms with E-state index in [0.717, 1.165) is 37.9 Å². The van der Waals surface area contributed by atoms with Gasteiger partial charge in [0.05, 0.1) is 6.61 Å². The number of likely N-dealkylation sites (N-methyl/N-ethyl adjacent to an activating group) is 1. The molecule has 2 rings (SSSR count). The maximum atomic E-state index is 13.7. The molecule has 1 fully saturated rings. The Bertz CT molecular complexity index is 432. The summed E-state index contributed by atoms with van der Waals surface area (Å²) in [5.74, 6) is 0.0537. The molecule has 2 N–H and O–H groups in total. The molecule has 0 saturated heterocycles. The quantitative estimate of drug-likeness (QED) is 0.822. The molecule has 0 bridgehead atoms. The number of hydrogen-bond acceptors (Lipinski definition) is 3. The van der Waals surface area contributed by atoms with E-state index in [1.165, 1.54) is 0 Å². The molecule has 1 aromatic rings. The molecule has 0 aromatic heterocycles. The van der Waals surface area contributed by atoms with E-state index in [2.05, 4.69) is 11.9 Å². The molecular weight excluding hydrogens is 243 g/mol. The van der Waals surface area contributed by atoms with Crippen molar-refractivity contribution in [3.05, 3.63) is 29.6 Å². The van der Waals surface area contributed by atoms with Crippen LogP contribution in [0.5, 0.6) is 5.75 Å². The second kappa shape index (κ2) is 5.88. The summed E-state index contributed by atoms with van der Waals surface area (Å²) in [4.78, 5) is 2.22. The van der Waals surface area contributed by atoms with E-state index in [9.17, 15) is 4.39 Å². The fourth-order valence-corrected chi connectivity index (χ4v) is 2.23. The van der Waals surface area contributed by atoms with E-state index in [4.69, 9.17) is 10.5 Å². The van der Waals surface area contributed by atoms with Crippen molar-refractivity contribution in [2.45, 2.75) is 31.7 Å². The van der Waals surface area contributed by atoms with Gasteiger partial charge in [0.25, 0.3) is 0 Å². The molecule has 106 valence electrons. The van der Waals surface area contributed by atoms with E-state index in [1.54, 1.807) is 12.1 Å². The molecule has 0 radical (unpaired) electrons. The molecule has 0 unspecified atom stereocenters. The first-order valence-electron chi connectivity index (χ1n) is 6.91. The lowest BCUT2D eigenvalue weighted by atomic mass is 10.1. The Balaban J connectivity index is 1.83. The normalized spacial score (nSPS) is 16.7. The van der Waals surface area contributed by atoms with Gasteiger partial charge in [0.1, 0.15) is 0 Å². The molecule has 0 atom stereocenters. The van der Waals surface area contributed by atoms with Crippen LogP contribution in [0.3, 0.4) is 0 Å². The van der Waals surface area contributed by atoms with Crippen LogP contribution in [-0.2, 0) is 6.42 Å². The van der Waals surface area contributed by atoms with Gasteiger partial charge < -0.3 is 15.4 Å². The number of ether oxygens (including phenoxy) is 1. The zero-order valence-electron chi connectivity index (χ0n) is 11.8. The highest BCUT2D eigenvalue weighted by Gasteiger charge is 2.38. The number of rotatable bonds is 7. The van der Waals surface area contributed by atoms with Gasteiger partial charge in [0.15, 0.2) is 11.6 Å². The number of nitrogens with two attached hydrogens (primary N) is 1. The Morgan fingerprint density at radius 3 is 2.74 bits per heavy atom. The Labute approximate surface area is 114 Å². The van der Waals surface area contributed by atoms with E-state index in [0.29, 0.717) is 12.4 Å². The van der Waals surface area contributed by atoms with Crippen molar-refractivity contribution in [1.29, 1.82) is 0 Å². The van der Waals surface area contributed by atoms with E-state index in [1.807, 2.05) is 13.0 Å². The molecule has 0 amide bonds. The van der Waals surface area contributed by atoms with Crippen molar-refractivity contribution in [2.24, 2.45) is 5.73 Å². The fourth-order valence-electron chi connectivity index (χ4n) is 2.23. The highest BCUT2D eigenvalue weighted by Crippen LogP contribution is 2.32. The second-order valence-electron chi connectivity index (χ2n) is 5.55. The first kappa shape index (κ1) is 14.3. The SMILES string of the molecule is CCOc1ccc(CCN(C)CC2(N)CC2)cc1F. The highest BCUT2D eigenvalue weighted by molar-refractivity contribution is 5.29. The number of benzene rings is 1. The van der Waals surface area contributed by atoms with Crippen molar-refractivity contribution in [1.82, 2.24) is 4.90 Å².